The Morgan fingerprint density at radius 1 is 0.471 bits per heavy atom. The highest BCUT2D eigenvalue weighted by atomic mass is 32.2. The van der Waals surface area contributed by atoms with E-state index in [2.05, 4.69) is 76.2 Å². The van der Waals surface area contributed by atoms with E-state index in [4.69, 9.17) is 33.2 Å². The van der Waals surface area contributed by atoms with Crippen LogP contribution in [0.1, 0.15) is 109 Å². The largest absolute Gasteiger partial charge is 0.493 e. The third kappa shape index (κ3) is 10.0. The zero-order valence-corrected chi connectivity index (χ0v) is 44.4. The van der Waals surface area contributed by atoms with Crippen LogP contribution in [0.2, 0.25) is 0 Å². The zero-order chi connectivity index (χ0) is 50.1. The van der Waals surface area contributed by atoms with Crippen molar-refractivity contribution in [2.24, 2.45) is 0 Å². The van der Waals surface area contributed by atoms with E-state index in [-0.39, 0.29) is 17.5 Å². The van der Waals surface area contributed by atoms with Crippen LogP contribution in [0.15, 0.2) is 139 Å². The molecule has 6 aromatic rings. The Morgan fingerprint density at radius 2 is 0.914 bits per heavy atom. The summed E-state index contributed by atoms with van der Waals surface area (Å²) in [6.07, 6.45) is 3.23. The summed E-state index contributed by atoms with van der Waals surface area (Å²) >= 11 is 4.99. The van der Waals surface area contributed by atoms with E-state index in [1.165, 1.54) is 16.0 Å². The fourth-order valence-corrected chi connectivity index (χ4v) is 12.8. The van der Waals surface area contributed by atoms with Crippen LogP contribution < -0.4 is 28.4 Å². The maximum absolute atomic E-state index is 13.5. The fourth-order valence-electron chi connectivity index (χ4n) is 9.37. The summed E-state index contributed by atoms with van der Waals surface area (Å²) in [5.41, 5.74) is 6.70. The van der Waals surface area contributed by atoms with Crippen molar-refractivity contribution in [2.75, 3.05) is 49.3 Å². The topological polar surface area (TPSA) is 98.8 Å². The number of carbonyl (C=O) groups excluding carboxylic acids is 2. The molecule has 366 valence electrons. The van der Waals surface area contributed by atoms with Gasteiger partial charge >= 0.3 is 0 Å². The molecule has 9 rings (SSSR count). The molecule has 0 aliphatic carbocycles. The molecule has 0 saturated carbocycles. The highest BCUT2D eigenvalue weighted by molar-refractivity contribution is 8.00. The Kier molecular flexibility index (Phi) is 17.3. The summed E-state index contributed by atoms with van der Waals surface area (Å²) < 4.78 is 38.6. The third-order valence-corrected chi connectivity index (χ3v) is 16.5. The molecule has 12 heteroatoms. The van der Waals surface area contributed by atoms with Crippen LogP contribution in [-0.2, 0) is 10.2 Å². The maximum atomic E-state index is 13.5. The summed E-state index contributed by atoms with van der Waals surface area (Å²) in [7, 11) is 9.73. The smallest absolute Gasteiger partial charge is 0.174 e. The molecular formula is C58H62O9S3. The summed E-state index contributed by atoms with van der Waals surface area (Å²) in [5, 5.41) is 0. The summed E-state index contributed by atoms with van der Waals surface area (Å²) in [6.45, 7) is 11.0. The van der Waals surface area contributed by atoms with Gasteiger partial charge in [0, 0.05) is 57.6 Å². The summed E-state index contributed by atoms with van der Waals surface area (Å²) in [4.78, 5) is 33.0. The van der Waals surface area contributed by atoms with E-state index in [1.807, 2.05) is 61.5 Å². The lowest BCUT2D eigenvalue weighted by Crippen LogP contribution is -2.34. The molecular weight excluding hydrogens is 937 g/mol. The standard InChI is InChI=1S/2C20H22O3S.C18H18O3S/c1-5-20(6-2)14-9-7-8-10-17(14)24-18-12-16(23-4)15(22-3)11-13(18)19(20)21;1-5-13-14-9-7-8-10-18(14)24-19-12-17(22-4)16(21-3)11-15(19)20(13)23-6-2;1-4-11-12-7-5-6-8-16(12)22-17-10-15(21-3)14(20-2)9-13(17)18(11)19/h2*7-12H,5-6H2,1-4H3;5-11H,4H2,1-3H3. The maximum Gasteiger partial charge on any atom is 0.174 e. The van der Waals surface area contributed by atoms with Gasteiger partial charge < -0.3 is 33.2 Å². The first-order valence-corrected chi connectivity index (χ1v) is 26.0. The molecule has 0 spiro atoms. The minimum Gasteiger partial charge on any atom is -0.493 e. The van der Waals surface area contributed by atoms with Crippen molar-refractivity contribution in [1.82, 2.24) is 0 Å². The minimum atomic E-state index is -0.492. The van der Waals surface area contributed by atoms with Gasteiger partial charge in [-0.05, 0) is 104 Å². The molecule has 0 aromatic heterocycles. The van der Waals surface area contributed by atoms with Crippen LogP contribution in [0.5, 0.6) is 34.5 Å². The normalized spacial score (nSPS) is 14.9. The zero-order valence-electron chi connectivity index (χ0n) is 41.9. The molecule has 3 aliphatic heterocycles. The lowest BCUT2D eigenvalue weighted by molar-refractivity contribution is 0.0867. The van der Waals surface area contributed by atoms with E-state index in [1.54, 1.807) is 84.0 Å². The van der Waals surface area contributed by atoms with E-state index < -0.39 is 5.41 Å². The van der Waals surface area contributed by atoms with Gasteiger partial charge in [0.05, 0.1) is 54.7 Å². The number of ether oxygens (including phenoxy) is 7. The Balaban J connectivity index is 0.000000155. The van der Waals surface area contributed by atoms with Gasteiger partial charge in [-0.1, -0.05) is 118 Å². The number of fused-ring (bicyclic) bond motifs is 6. The molecule has 9 nitrogen and oxygen atoms in total. The lowest BCUT2D eigenvalue weighted by Gasteiger charge is -2.30. The number of hydrogen-bond acceptors (Lipinski definition) is 12. The van der Waals surface area contributed by atoms with Gasteiger partial charge in [-0.25, -0.2) is 0 Å². The van der Waals surface area contributed by atoms with Gasteiger partial charge in [-0.3, -0.25) is 9.59 Å². The first-order valence-electron chi connectivity index (χ1n) is 23.6. The lowest BCUT2D eigenvalue weighted by atomic mass is 9.70. The molecule has 1 unspecified atom stereocenters. The monoisotopic (exact) mass is 998 g/mol. The molecule has 6 aromatic carbocycles. The Labute approximate surface area is 426 Å². The predicted octanol–water partition coefficient (Wildman–Crippen LogP) is 15.1. The first kappa shape index (κ1) is 51.9. The summed E-state index contributed by atoms with van der Waals surface area (Å²) in [5.74, 6) is 5.08. The van der Waals surface area contributed by atoms with Crippen molar-refractivity contribution in [3.63, 3.8) is 0 Å². The van der Waals surface area contributed by atoms with Crippen molar-refractivity contribution < 1.29 is 42.7 Å². The average molecular weight is 999 g/mol. The highest BCUT2D eigenvalue weighted by Gasteiger charge is 2.42. The second kappa shape index (κ2) is 23.3. The number of ketones is 2. The van der Waals surface area contributed by atoms with Gasteiger partial charge in [0.15, 0.2) is 46.1 Å². The molecule has 1 atom stereocenters. The summed E-state index contributed by atoms with van der Waals surface area (Å²) in [6, 6.07) is 36.3. The van der Waals surface area contributed by atoms with Crippen LogP contribution in [0, 0.1) is 0 Å². The van der Waals surface area contributed by atoms with E-state index in [0.29, 0.717) is 35.2 Å². The van der Waals surface area contributed by atoms with E-state index in [0.717, 1.165) is 89.7 Å². The van der Waals surface area contributed by atoms with Crippen LogP contribution in [0.3, 0.4) is 0 Å². The van der Waals surface area contributed by atoms with Gasteiger partial charge in [0.2, 0.25) is 0 Å². The van der Waals surface area contributed by atoms with Gasteiger partial charge in [-0.2, -0.15) is 0 Å². The Hall–Kier alpha value is -5.95. The quantitative estimate of drug-likeness (QED) is 0.117. The average Bonchev–Trinajstić information content (AvgIpc) is 3.66. The van der Waals surface area contributed by atoms with Crippen molar-refractivity contribution in [3.8, 4) is 34.5 Å². The predicted molar refractivity (Wildman–Crippen MR) is 283 cm³/mol. The molecule has 0 bridgehead atoms. The first-order chi connectivity index (χ1) is 34.0. The second-order valence-electron chi connectivity index (χ2n) is 16.5. The van der Waals surface area contributed by atoms with Crippen LogP contribution in [0.25, 0.3) is 11.3 Å². The number of rotatable bonds is 12. The molecule has 70 heavy (non-hydrogen) atoms. The molecule has 3 aliphatic rings. The number of allylic oxidation sites excluding steroid dienone is 1. The van der Waals surface area contributed by atoms with Crippen LogP contribution in [-0.4, -0.2) is 60.8 Å². The van der Waals surface area contributed by atoms with Crippen molar-refractivity contribution in [1.29, 1.82) is 0 Å². The fraction of sp³-hybridized carbons (Fsp3) is 0.310. The van der Waals surface area contributed by atoms with Crippen LogP contribution in [0.4, 0.5) is 0 Å². The Morgan fingerprint density at radius 3 is 1.46 bits per heavy atom. The third-order valence-electron chi connectivity index (χ3n) is 13.1. The molecule has 0 amide bonds. The Bertz CT molecular complexity index is 2900. The van der Waals surface area contributed by atoms with E-state index >= 15 is 0 Å². The molecule has 3 heterocycles. The number of methoxy groups -OCH3 is 6. The number of hydrogen-bond donors (Lipinski definition) is 0. The SMILES string of the molecule is CCC1(CC)C(=O)c2cc(OC)c(OC)cc2Sc2ccccc21.CCC1C(=O)c2cc(OC)c(OC)cc2Sc2ccccc21.CCOC1=C(CC)c2ccccc2Sc2cc(OC)c(OC)cc21. The molecule has 0 fully saturated rings. The van der Waals surface area contributed by atoms with Crippen molar-refractivity contribution >= 4 is 58.2 Å². The number of benzene rings is 6. The van der Waals surface area contributed by atoms with Gasteiger partial charge in [-0.15, -0.1) is 0 Å². The minimum absolute atomic E-state index is 0.108. The van der Waals surface area contributed by atoms with Crippen molar-refractivity contribution in [3.05, 3.63) is 143 Å². The van der Waals surface area contributed by atoms with Gasteiger partial charge in [0.1, 0.15) is 5.76 Å². The molecule has 0 radical (unpaired) electrons. The number of Topliss-reactive ketones (excluding diaryl/α,β-unsaturated/α-hetero) is 2. The van der Waals surface area contributed by atoms with Crippen molar-refractivity contribution in [2.45, 2.75) is 101 Å². The van der Waals surface area contributed by atoms with E-state index in [9.17, 15) is 9.59 Å². The number of carbonyl (C=O) groups is 2. The molecule has 0 saturated heterocycles. The molecule has 0 N–H and O–H groups in total. The van der Waals surface area contributed by atoms with Crippen LogP contribution >= 0.6 is 35.3 Å². The van der Waals surface area contributed by atoms with Gasteiger partial charge in [0.25, 0.3) is 0 Å². The highest BCUT2D eigenvalue weighted by Crippen LogP contribution is 2.51. The second-order valence-corrected chi connectivity index (χ2v) is 19.7.